The van der Waals surface area contributed by atoms with Crippen LogP contribution >= 0.6 is 0 Å². The van der Waals surface area contributed by atoms with E-state index in [9.17, 15) is 15.0 Å². The fourth-order valence-corrected chi connectivity index (χ4v) is 2.51. The molecule has 2 rings (SSSR count). The van der Waals surface area contributed by atoms with Gasteiger partial charge in [0, 0.05) is 6.04 Å². The van der Waals surface area contributed by atoms with E-state index < -0.39 is 0 Å². The zero-order valence-corrected chi connectivity index (χ0v) is 11.4. The Kier molecular flexibility index (Phi) is 3.69. The number of rotatable bonds is 2. The third kappa shape index (κ3) is 3.40. The molecule has 4 heteroatoms. The average molecular weight is 263 g/mol. The number of phenols is 2. The summed E-state index contributed by atoms with van der Waals surface area (Å²) in [6.45, 7) is 4.48. The van der Waals surface area contributed by atoms with Gasteiger partial charge in [0.25, 0.3) is 5.91 Å². The van der Waals surface area contributed by atoms with Crippen molar-refractivity contribution in [2.45, 2.75) is 45.6 Å². The lowest BCUT2D eigenvalue weighted by molar-refractivity contribution is 0.0906. The summed E-state index contributed by atoms with van der Waals surface area (Å²) in [6, 6.07) is 4.13. The van der Waals surface area contributed by atoms with E-state index in [2.05, 4.69) is 19.2 Å². The molecule has 1 saturated carbocycles. The first-order valence-electron chi connectivity index (χ1n) is 6.70. The van der Waals surface area contributed by atoms with E-state index in [1.54, 1.807) is 0 Å². The monoisotopic (exact) mass is 263 g/mol. The summed E-state index contributed by atoms with van der Waals surface area (Å²) >= 11 is 0. The number of aromatic hydroxyl groups is 2. The number of amides is 1. The molecule has 4 nitrogen and oxygen atoms in total. The maximum Gasteiger partial charge on any atom is 0.255 e. The highest BCUT2D eigenvalue weighted by Crippen LogP contribution is 2.35. The quantitative estimate of drug-likeness (QED) is 0.719. The first-order valence-corrected chi connectivity index (χ1v) is 6.70. The first kappa shape index (κ1) is 13.7. The van der Waals surface area contributed by atoms with Crippen LogP contribution in [0.5, 0.6) is 11.5 Å². The molecule has 1 aromatic rings. The van der Waals surface area contributed by atoms with Gasteiger partial charge < -0.3 is 15.5 Å². The van der Waals surface area contributed by atoms with Crippen molar-refractivity contribution in [3.05, 3.63) is 23.8 Å². The summed E-state index contributed by atoms with van der Waals surface area (Å²) in [5, 5.41) is 21.9. The number of hydrogen-bond acceptors (Lipinski definition) is 3. The van der Waals surface area contributed by atoms with Gasteiger partial charge in [-0.1, -0.05) is 13.8 Å². The molecule has 1 aliphatic rings. The number of benzene rings is 1. The minimum Gasteiger partial charge on any atom is -0.508 e. The van der Waals surface area contributed by atoms with Crippen LogP contribution in [0.1, 0.15) is 49.9 Å². The number of carbonyl (C=O) groups excluding carboxylic acids is 1. The normalized spacial score (nSPS) is 19.1. The summed E-state index contributed by atoms with van der Waals surface area (Å²) in [6.07, 6.45) is 4.09. The molecule has 0 bridgehead atoms. The summed E-state index contributed by atoms with van der Waals surface area (Å²) in [5.41, 5.74) is 0.485. The number of hydrogen-bond donors (Lipinski definition) is 3. The van der Waals surface area contributed by atoms with E-state index in [1.807, 2.05) is 0 Å². The van der Waals surface area contributed by atoms with E-state index in [-0.39, 0.29) is 29.0 Å². The van der Waals surface area contributed by atoms with Crippen molar-refractivity contribution in [1.29, 1.82) is 0 Å². The van der Waals surface area contributed by atoms with Crippen molar-refractivity contribution in [3.8, 4) is 11.5 Å². The Morgan fingerprint density at radius 2 is 1.89 bits per heavy atom. The standard InChI is InChI=1S/C15H21NO3/c1-15(2)7-5-10(6-8-15)16-14(19)12-9-11(17)3-4-13(12)18/h3-4,9-10,17-18H,5-8H2,1-2H3,(H,16,19). The molecule has 0 radical (unpaired) electrons. The van der Waals surface area contributed by atoms with E-state index in [0.29, 0.717) is 5.41 Å². The minimum absolute atomic E-state index is 0.0206. The molecule has 0 atom stereocenters. The van der Waals surface area contributed by atoms with Gasteiger partial charge in [0.05, 0.1) is 5.56 Å². The largest absolute Gasteiger partial charge is 0.508 e. The Bertz CT molecular complexity index is 472. The topological polar surface area (TPSA) is 69.6 Å². The van der Waals surface area contributed by atoms with Gasteiger partial charge in [-0.2, -0.15) is 0 Å². The van der Waals surface area contributed by atoms with Crippen LogP contribution in [-0.4, -0.2) is 22.2 Å². The maximum atomic E-state index is 12.1. The Morgan fingerprint density at radius 3 is 2.53 bits per heavy atom. The second kappa shape index (κ2) is 5.11. The first-order chi connectivity index (χ1) is 8.87. The maximum absolute atomic E-state index is 12.1. The van der Waals surface area contributed by atoms with Gasteiger partial charge in [-0.25, -0.2) is 0 Å². The lowest BCUT2D eigenvalue weighted by Crippen LogP contribution is -2.39. The number of phenolic OH excluding ortho intramolecular Hbond substituents is 2. The van der Waals surface area contributed by atoms with Gasteiger partial charge >= 0.3 is 0 Å². The molecule has 0 unspecified atom stereocenters. The van der Waals surface area contributed by atoms with Crippen molar-refractivity contribution in [1.82, 2.24) is 5.32 Å². The molecule has 3 N–H and O–H groups in total. The molecule has 19 heavy (non-hydrogen) atoms. The Morgan fingerprint density at radius 1 is 1.26 bits per heavy atom. The van der Waals surface area contributed by atoms with Crippen LogP contribution in [0, 0.1) is 5.41 Å². The molecule has 0 heterocycles. The van der Waals surface area contributed by atoms with Crippen LogP contribution < -0.4 is 5.32 Å². The molecule has 0 saturated heterocycles. The van der Waals surface area contributed by atoms with E-state index >= 15 is 0 Å². The summed E-state index contributed by atoms with van der Waals surface area (Å²) in [4.78, 5) is 12.1. The fourth-order valence-electron chi connectivity index (χ4n) is 2.51. The van der Waals surface area contributed by atoms with E-state index in [0.717, 1.165) is 25.7 Å². The summed E-state index contributed by atoms with van der Waals surface area (Å²) < 4.78 is 0. The molecule has 0 aliphatic heterocycles. The van der Waals surface area contributed by atoms with Gasteiger partial charge in [-0.3, -0.25) is 4.79 Å². The molecule has 0 aromatic heterocycles. The predicted octanol–water partition coefficient (Wildman–Crippen LogP) is 2.80. The SMILES string of the molecule is CC1(C)CCC(NC(=O)c2cc(O)ccc2O)CC1. The molecular formula is C15H21NO3. The molecule has 1 fully saturated rings. The summed E-state index contributed by atoms with van der Waals surface area (Å²) in [7, 11) is 0. The van der Waals surface area contributed by atoms with Gasteiger partial charge in [0.15, 0.2) is 0 Å². The zero-order chi connectivity index (χ0) is 14.0. The van der Waals surface area contributed by atoms with Crippen molar-refractivity contribution in [2.24, 2.45) is 5.41 Å². The molecule has 1 aromatic carbocycles. The van der Waals surface area contributed by atoms with E-state index in [4.69, 9.17) is 0 Å². The van der Waals surface area contributed by atoms with Crippen LogP contribution in [0.3, 0.4) is 0 Å². The summed E-state index contributed by atoms with van der Waals surface area (Å²) in [5.74, 6) is -0.447. The van der Waals surface area contributed by atoms with Crippen LogP contribution in [-0.2, 0) is 0 Å². The highest BCUT2D eigenvalue weighted by Gasteiger charge is 2.28. The third-order valence-electron chi connectivity index (χ3n) is 3.90. The predicted molar refractivity (Wildman–Crippen MR) is 73.3 cm³/mol. The highest BCUT2D eigenvalue weighted by molar-refractivity contribution is 5.97. The molecular weight excluding hydrogens is 242 g/mol. The Hall–Kier alpha value is -1.71. The lowest BCUT2D eigenvalue weighted by Gasteiger charge is -2.34. The highest BCUT2D eigenvalue weighted by atomic mass is 16.3. The molecule has 1 amide bonds. The van der Waals surface area contributed by atoms with Crippen LogP contribution in [0.2, 0.25) is 0 Å². The smallest absolute Gasteiger partial charge is 0.255 e. The van der Waals surface area contributed by atoms with E-state index in [1.165, 1.54) is 18.2 Å². The Balaban J connectivity index is 2.00. The average Bonchev–Trinajstić information content (AvgIpc) is 2.35. The second-order valence-electron chi connectivity index (χ2n) is 6.11. The van der Waals surface area contributed by atoms with Crippen molar-refractivity contribution in [2.75, 3.05) is 0 Å². The van der Waals surface area contributed by atoms with Gasteiger partial charge in [-0.15, -0.1) is 0 Å². The lowest BCUT2D eigenvalue weighted by atomic mass is 9.75. The minimum atomic E-state index is -0.321. The molecule has 1 aliphatic carbocycles. The molecule has 104 valence electrons. The zero-order valence-electron chi connectivity index (χ0n) is 11.4. The van der Waals surface area contributed by atoms with Gasteiger partial charge in [0.2, 0.25) is 0 Å². The third-order valence-corrected chi connectivity index (χ3v) is 3.90. The number of nitrogens with one attached hydrogen (secondary N) is 1. The second-order valence-corrected chi connectivity index (χ2v) is 6.11. The van der Waals surface area contributed by atoms with Crippen molar-refractivity contribution < 1.29 is 15.0 Å². The fraction of sp³-hybridized carbons (Fsp3) is 0.533. The Labute approximate surface area is 113 Å². The molecule has 0 spiro atoms. The van der Waals surface area contributed by atoms with Crippen LogP contribution in [0.4, 0.5) is 0 Å². The van der Waals surface area contributed by atoms with Crippen LogP contribution in [0.15, 0.2) is 18.2 Å². The van der Waals surface area contributed by atoms with Gasteiger partial charge in [-0.05, 0) is 49.3 Å². The number of carbonyl (C=O) groups is 1. The van der Waals surface area contributed by atoms with Gasteiger partial charge in [0.1, 0.15) is 11.5 Å². The van der Waals surface area contributed by atoms with Crippen molar-refractivity contribution in [3.63, 3.8) is 0 Å². The van der Waals surface area contributed by atoms with Crippen LogP contribution in [0.25, 0.3) is 0 Å². The van der Waals surface area contributed by atoms with Crippen molar-refractivity contribution >= 4 is 5.91 Å².